The number of ether oxygens (including phenoxy) is 2. The van der Waals surface area contributed by atoms with Crippen LogP contribution in [0.1, 0.15) is 5.69 Å². The minimum absolute atomic E-state index is 0.416. The molecule has 3 aromatic rings. The van der Waals surface area contributed by atoms with Gasteiger partial charge in [0.05, 0.1) is 37.5 Å². The minimum atomic E-state index is 0.416. The molecule has 0 aliphatic rings. The summed E-state index contributed by atoms with van der Waals surface area (Å²) in [7, 11) is 3.18. The number of nitrogens with zero attached hydrogens (tertiary/aromatic N) is 4. The lowest BCUT2D eigenvalue weighted by Gasteiger charge is -2.09. The van der Waals surface area contributed by atoms with Crippen molar-refractivity contribution < 1.29 is 9.47 Å². The first-order valence-electron chi connectivity index (χ1n) is 6.35. The molecule has 0 bridgehead atoms. The zero-order chi connectivity index (χ0) is 14.8. The average Bonchev–Trinajstić information content (AvgIpc) is 2.82. The van der Waals surface area contributed by atoms with E-state index in [-0.39, 0.29) is 0 Å². The van der Waals surface area contributed by atoms with Crippen molar-refractivity contribution in [3.8, 4) is 11.5 Å². The van der Waals surface area contributed by atoms with Crippen LogP contribution in [0.5, 0.6) is 11.5 Å². The zero-order valence-electron chi connectivity index (χ0n) is 11.8. The SMILES string of the molecule is COc1cc2nc(N)n(Cc3ccncn3)c2cc1OC. The maximum atomic E-state index is 6.01. The molecule has 0 radical (unpaired) electrons. The summed E-state index contributed by atoms with van der Waals surface area (Å²) in [5.41, 5.74) is 8.48. The molecule has 7 heteroatoms. The number of rotatable bonds is 4. The third kappa shape index (κ3) is 2.33. The number of nitrogen functional groups attached to an aromatic ring is 1. The van der Waals surface area contributed by atoms with Gasteiger partial charge in [0.25, 0.3) is 0 Å². The Morgan fingerprint density at radius 2 is 1.95 bits per heavy atom. The van der Waals surface area contributed by atoms with E-state index in [1.54, 1.807) is 26.5 Å². The van der Waals surface area contributed by atoms with E-state index in [9.17, 15) is 0 Å². The number of methoxy groups -OCH3 is 2. The third-order valence-corrected chi connectivity index (χ3v) is 3.25. The highest BCUT2D eigenvalue weighted by Gasteiger charge is 2.14. The Kier molecular flexibility index (Phi) is 3.31. The van der Waals surface area contributed by atoms with Crippen LogP contribution >= 0.6 is 0 Å². The van der Waals surface area contributed by atoms with Crippen molar-refractivity contribution in [3.05, 3.63) is 36.4 Å². The minimum Gasteiger partial charge on any atom is -0.493 e. The first kappa shape index (κ1) is 13.2. The van der Waals surface area contributed by atoms with Gasteiger partial charge in [0.1, 0.15) is 6.33 Å². The lowest BCUT2D eigenvalue weighted by atomic mass is 10.2. The highest BCUT2D eigenvalue weighted by atomic mass is 16.5. The van der Waals surface area contributed by atoms with Crippen LogP contribution in [0.15, 0.2) is 30.7 Å². The summed E-state index contributed by atoms with van der Waals surface area (Å²) in [6.07, 6.45) is 3.20. The summed E-state index contributed by atoms with van der Waals surface area (Å²) in [6, 6.07) is 5.51. The molecule has 0 amide bonds. The first-order chi connectivity index (χ1) is 10.2. The fraction of sp³-hybridized carbons (Fsp3) is 0.214. The summed E-state index contributed by atoms with van der Waals surface area (Å²) in [5.74, 6) is 1.67. The highest BCUT2D eigenvalue weighted by molar-refractivity contribution is 5.82. The van der Waals surface area contributed by atoms with Crippen molar-refractivity contribution in [3.63, 3.8) is 0 Å². The van der Waals surface area contributed by atoms with Gasteiger partial charge in [-0.3, -0.25) is 0 Å². The Bertz CT molecular complexity index is 770. The van der Waals surface area contributed by atoms with Crippen LogP contribution < -0.4 is 15.2 Å². The molecule has 1 aromatic carbocycles. The van der Waals surface area contributed by atoms with Crippen molar-refractivity contribution >= 4 is 17.0 Å². The van der Waals surface area contributed by atoms with Crippen LogP contribution in [0.4, 0.5) is 5.95 Å². The molecule has 108 valence electrons. The number of aromatic nitrogens is 4. The van der Waals surface area contributed by atoms with Gasteiger partial charge in [0.2, 0.25) is 5.95 Å². The zero-order valence-corrected chi connectivity index (χ0v) is 11.8. The van der Waals surface area contributed by atoms with Crippen molar-refractivity contribution in [2.24, 2.45) is 0 Å². The summed E-state index contributed by atoms with van der Waals surface area (Å²) in [5, 5.41) is 0. The normalized spacial score (nSPS) is 10.8. The second-order valence-corrected chi connectivity index (χ2v) is 4.45. The van der Waals surface area contributed by atoms with Gasteiger partial charge < -0.3 is 19.8 Å². The number of nitrogens with two attached hydrogens (primary N) is 1. The number of hydrogen-bond acceptors (Lipinski definition) is 6. The molecule has 0 fully saturated rings. The van der Waals surface area contributed by atoms with Gasteiger partial charge in [-0.1, -0.05) is 0 Å². The van der Waals surface area contributed by atoms with Crippen LogP contribution in [-0.2, 0) is 6.54 Å². The lowest BCUT2D eigenvalue weighted by molar-refractivity contribution is 0.355. The smallest absolute Gasteiger partial charge is 0.201 e. The number of anilines is 1. The standard InChI is InChI=1S/C14H15N5O2/c1-20-12-5-10-11(6-13(12)21-2)19(14(15)18-10)7-9-3-4-16-8-17-9/h3-6,8H,7H2,1-2H3,(H2,15,18). The molecule has 7 nitrogen and oxygen atoms in total. The second-order valence-electron chi connectivity index (χ2n) is 4.45. The van der Waals surface area contributed by atoms with Gasteiger partial charge >= 0.3 is 0 Å². The molecule has 0 saturated carbocycles. The van der Waals surface area contributed by atoms with Crippen LogP contribution in [0, 0.1) is 0 Å². The molecule has 2 N–H and O–H groups in total. The first-order valence-corrected chi connectivity index (χ1v) is 6.35. The van der Waals surface area contributed by atoms with Gasteiger partial charge in [-0.15, -0.1) is 0 Å². The Morgan fingerprint density at radius 3 is 2.62 bits per heavy atom. The molecular formula is C14H15N5O2. The van der Waals surface area contributed by atoms with E-state index in [1.807, 2.05) is 16.7 Å². The number of benzene rings is 1. The van der Waals surface area contributed by atoms with E-state index in [2.05, 4.69) is 15.0 Å². The average molecular weight is 285 g/mol. The van der Waals surface area contributed by atoms with Gasteiger partial charge in [-0.05, 0) is 6.07 Å². The Hall–Kier alpha value is -2.83. The molecule has 21 heavy (non-hydrogen) atoms. The molecule has 0 aliphatic heterocycles. The number of fused-ring (bicyclic) bond motifs is 1. The molecule has 0 unspecified atom stereocenters. The Labute approximate surface area is 121 Å². The quantitative estimate of drug-likeness (QED) is 0.781. The van der Waals surface area contributed by atoms with Crippen LogP contribution in [0.2, 0.25) is 0 Å². The maximum absolute atomic E-state index is 6.01. The van der Waals surface area contributed by atoms with Gasteiger partial charge in [0.15, 0.2) is 11.5 Å². The van der Waals surface area contributed by atoms with Crippen molar-refractivity contribution in [2.45, 2.75) is 6.54 Å². The van der Waals surface area contributed by atoms with Gasteiger partial charge in [-0.25, -0.2) is 15.0 Å². The molecule has 2 aromatic heterocycles. The van der Waals surface area contributed by atoms with Crippen molar-refractivity contribution in [1.29, 1.82) is 0 Å². The molecule has 0 saturated heterocycles. The predicted molar refractivity (Wildman–Crippen MR) is 78.4 cm³/mol. The van der Waals surface area contributed by atoms with Gasteiger partial charge in [-0.2, -0.15) is 0 Å². The topological polar surface area (TPSA) is 88.1 Å². The fourth-order valence-corrected chi connectivity index (χ4v) is 2.21. The van der Waals surface area contributed by atoms with E-state index in [4.69, 9.17) is 15.2 Å². The molecular weight excluding hydrogens is 270 g/mol. The molecule has 3 rings (SSSR count). The third-order valence-electron chi connectivity index (χ3n) is 3.25. The van der Waals surface area contributed by atoms with E-state index >= 15 is 0 Å². The van der Waals surface area contributed by atoms with Gasteiger partial charge in [0, 0.05) is 18.3 Å². The number of hydrogen-bond donors (Lipinski definition) is 1. The highest BCUT2D eigenvalue weighted by Crippen LogP contribution is 2.33. The van der Waals surface area contributed by atoms with Crippen molar-refractivity contribution in [1.82, 2.24) is 19.5 Å². The largest absolute Gasteiger partial charge is 0.493 e. The molecule has 2 heterocycles. The molecule has 0 atom stereocenters. The van der Waals surface area contributed by atoms with E-state index in [0.717, 1.165) is 16.7 Å². The lowest BCUT2D eigenvalue weighted by Crippen LogP contribution is -2.06. The Morgan fingerprint density at radius 1 is 1.19 bits per heavy atom. The van der Waals surface area contributed by atoms with E-state index in [0.29, 0.717) is 24.0 Å². The van der Waals surface area contributed by atoms with Crippen LogP contribution in [0.25, 0.3) is 11.0 Å². The second kappa shape index (κ2) is 5.28. The van der Waals surface area contributed by atoms with Crippen LogP contribution in [0.3, 0.4) is 0 Å². The summed E-state index contributed by atoms with van der Waals surface area (Å²) in [4.78, 5) is 12.5. The molecule has 0 spiro atoms. The predicted octanol–water partition coefficient (Wildman–Crippen LogP) is 1.47. The number of imidazole rings is 1. The van der Waals surface area contributed by atoms with E-state index in [1.165, 1.54) is 6.33 Å². The monoisotopic (exact) mass is 285 g/mol. The Balaban J connectivity index is 2.12. The van der Waals surface area contributed by atoms with Crippen LogP contribution in [-0.4, -0.2) is 33.7 Å². The van der Waals surface area contributed by atoms with E-state index < -0.39 is 0 Å². The molecule has 0 aliphatic carbocycles. The summed E-state index contributed by atoms with van der Waals surface area (Å²) in [6.45, 7) is 0.514. The maximum Gasteiger partial charge on any atom is 0.201 e. The summed E-state index contributed by atoms with van der Waals surface area (Å²) >= 11 is 0. The summed E-state index contributed by atoms with van der Waals surface area (Å²) < 4.78 is 12.5. The fourth-order valence-electron chi connectivity index (χ4n) is 2.21. The van der Waals surface area contributed by atoms with Crippen molar-refractivity contribution in [2.75, 3.05) is 20.0 Å².